The minimum atomic E-state index is -0.559. The number of nitro benzene ring substituents is 1. The van der Waals surface area contributed by atoms with Crippen molar-refractivity contribution in [1.82, 2.24) is 9.78 Å². The summed E-state index contributed by atoms with van der Waals surface area (Å²) in [6.07, 6.45) is 1.73. The van der Waals surface area contributed by atoms with Gasteiger partial charge in [0.25, 0.3) is 5.69 Å². The van der Waals surface area contributed by atoms with Crippen molar-refractivity contribution < 1.29 is 4.92 Å². The molecule has 7 heteroatoms. The van der Waals surface area contributed by atoms with Crippen LogP contribution in [0.15, 0.2) is 12.1 Å². The Morgan fingerprint density at radius 1 is 1.62 bits per heavy atom. The molecule has 0 aliphatic heterocycles. The second kappa shape index (κ2) is 3.20. The first kappa shape index (κ1) is 9.92. The van der Waals surface area contributed by atoms with E-state index in [9.17, 15) is 10.1 Å². The van der Waals surface area contributed by atoms with Gasteiger partial charge in [0.15, 0.2) is 11.3 Å². The maximum absolute atomic E-state index is 10.8. The zero-order valence-electron chi connectivity index (χ0n) is 8.34. The zero-order chi connectivity index (χ0) is 11.9. The molecule has 0 spiro atoms. The number of hydrogen-bond acceptors (Lipinski definition) is 5. The Hall–Kier alpha value is -2.62. The van der Waals surface area contributed by atoms with Gasteiger partial charge in [0, 0.05) is 6.07 Å². The Balaban J connectivity index is 3.02. The molecule has 0 bridgehead atoms. The minimum Gasteiger partial charge on any atom is -0.382 e. The van der Waals surface area contributed by atoms with Crippen molar-refractivity contribution >= 4 is 22.4 Å². The normalized spacial score (nSPS) is 10.2. The molecule has 0 unspecified atom stereocenters. The summed E-state index contributed by atoms with van der Waals surface area (Å²) in [7, 11) is 0. The smallest absolute Gasteiger partial charge is 0.296 e. The molecule has 7 nitrogen and oxygen atoms in total. The predicted octanol–water partition coefficient (Wildman–Crippen LogP) is 1.16. The van der Waals surface area contributed by atoms with Crippen molar-refractivity contribution in [3.05, 3.63) is 27.8 Å². The highest BCUT2D eigenvalue weighted by atomic mass is 16.6. The first-order chi connectivity index (χ1) is 7.56. The van der Waals surface area contributed by atoms with Crippen LogP contribution in [0.2, 0.25) is 0 Å². The molecule has 2 rings (SSSR count). The average molecular weight is 217 g/mol. The molecule has 1 aromatic heterocycles. The molecule has 0 radical (unpaired) electrons. The minimum absolute atomic E-state index is 0.123. The maximum Gasteiger partial charge on any atom is 0.296 e. The van der Waals surface area contributed by atoms with E-state index in [0.29, 0.717) is 5.39 Å². The monoisotopic (exact) mass is 217 g/mol. The number of hydrogen-bond donors (Lipinski definition) is 1. The Morgan fingerprint density at radius 3 is 2.88 bits per heavy atom. The summed E-state index contributed by atoms with van der Waals surface area (Å²) in [5, 5.41) is 23.8. The van der Waals surface area contributed by atoms with E-state index in [1.54, 1.807) is 19.2 Å². The SMILES string of the molecule is Cc1ccc([N+](=O)[O-])c2c1c(N)nn2C#N. The van der Waals surface area contributed by atoms with Gasteiger partial charge in [-0.1, -0.05) is 6.07 Å². The molecule has 0 atom stereocenters. The van der Waals surface area contributed by atoms with Crippen LogP contribution in [0.3, 0.4) is 0 Å². The Morgan fingerprint density at radius 2 is 2.31 bits per heavy atom. The molecule has 0 saturated carbocycles. The molecule has 16 heavy (non-hydrogen) atoms. The fourth-order valence-corrected chi connectivity index (χ4v) is 1.65. The van der Waals surface area contributed by atoms with Gasteiger partial charge in [-0.15, -0.1) is 5.10 Å². The standard InChI is InChI=1S/C9H7N5O2/c1-5-2-3-6(14(15)16)8-7(5)9(11)12-13(8)4-10/h2-3H,1H3,(H2,11,12). The number of aromatic nitrogens is 2. The summed E-state index contributed by atoms with van der Waals surface area (Å²) in [6, 6.07) is 2.92. The van der Waals surface area contributed by atoms with Crippen molar-refractivity contribution in [2.75, 3.05) is 5.73 Å². The number of anilines is 1. The Labute approximate surface area is 89.8 Å². The third kappa shape index (κ3) is 1.17. The van der Waals surface area contributed by atoms with Gasteiger partial charge in [-0.2, -0.15) is 9.94 Å². The second-order valence-corrected chi connectivity index (χ2v) is 3.28. The molecule has 1 heterocycles. The van der Waals surface area contributed by atoms with Crippen LogP contribution in [-0.2, 0) is 0 Å². The van der Waals surface area contributed by atoms with Crippen LogP contribution < -0.4 is 5.73 Å². The molecule has 80 valence electrons. The molecule has 2 aromatic rings. The number of nitrogen functional groups attached to an aromatic ring is 1. The zero-order valence-corrected chi connectivity index (χ0v) is 8.34. The van der Waals surface area contributed by atoms with E-state index >= 15 is 0 Å². The van der Waals surface area contributed by atoms with Crippen LogP contribution in [0.1, 0.15) is 5.56 Å². The lowest BCUT2D eigenvalue weighted by Crippen LogP contribution is -1.96. The fourth-order valence-electron chi connectivity index (χ4n) is 1.65. The van der Waals surface area contributed by atoms with E-state index in [1.807, 2.05) is 0 Å². The highest BCUT2D eigenvalue weighted by molar-refractivity contribution is 5.98. The van der Waals surface area contributed by atoms with Crippen molar-refractivity contribution in [2.24, 2.45) is 0 Å². The van der Waals surface area contributed by atoms with Crippen molar-refractivity contribution in [3.8, 4) is 6.19 Å². The van der Waals surface area contributed by atoms with Gasteiger partial charge in [-0.05, 0) is 12.5 Å². The molecular formula is C9H7N5O2. The highest BCUT2D eigenvalue weighted by Crippen LogP contribution is 2.31. The van der Waals surface area contributed by atoms with Gasteiger partial charge in [0.1, 0.15) is 0 Å². The number of nitro groups is 1. The number of fused-ring (bicyclic) bond motifs is 1. The maximum atomic E-state index is 10.8. The predicted molar refractivity (Wildman–Crippen MR) is 56.5 cm³/mol. The fraction of sp³-hybridized carbons (Fsp3) is 0.111. The third-order valence-electron chi connectivity index (χ3n) is 2.33. The van der Waals surface area contributed by atoms with Gasteiger partial charge in [-0.3, -0.25) is 10.1 Å². The number of nitrogens with two attached hydrogens (primary N) is 1. The summed E-state index contributed by atoms with van der Waals surface area (Å²) in [6.45, 7) is 1.76. The van der Waals surface area contributed by atoms with Crippen LogP contribution in [0.4, 0.5) is 11.5 Å². The van der Waals surface area contributed by atoms with Gasteiger partial charge in [0.2, 0.25) is 6.19 Å². The Kier molecular flexibility index (Phi) is 1.98. The van der Waals surface area contributed by atoms with Gasteiger partial charge >= 0.3 is 0 Å². The second-order valence-electron chi connectivity index (χ2n) is 3.28. The topological polar surface area (TPSA) is 111 Å². The summed E-state index contributed by atoms with van der Waals surface area (Å²) in [5.41, 5.74) is 6.34. The number of non-ortho nitro benzene ring substituents is 1. The van der Waals surface area contributed by atoms with Crippen LogP contribution >= 0.6 is 0 Å². The van der Waals surface area contributed by atoms with E-state index in [1.165, 1.54) is 6.07 Å². The summed E-state index contributed by atoms with van der Waals surface area (Å²) < 4.78 is 0.871. The van der Waals surface area contributed by atoms with E-state index in [4.69, 9.17) is 11.0 Å². The first-order valence-corrected chi connectivity index (χ1v) is 4.38. The van der Waals surface area contributed by atoms with Crippen LogP contribution in [0, 0.1) is 28.5 Å². The molecule has 2 N–H and O–H groups in total. The number of rotatable bonds is 1. The van der Waals surface area contributed by atoms with Crippen molar-refractivity contribution in [3.63, 3.8) is 0 Å². The molecule has 0 amide bonds. The lowest BCUT2D eigenvalue weighted by atomic mass is 10.1. The van der Waals surface area contributed by atoms with Crippen LogP contribution in [0.5, 0.6) is 0 Å². The van der Waals surface area contributed by atoms with E-state index in [-0.39, 0.29) is 17.0 Å². The summed E-state index contributed by atoms with van der Waals surface area (Å²) in [5.74, 6) is 0.123. The lowest BCUT2D eigenvalue weighted by molar-refractivity contribution is -0.383. The first-order valence-electron chi connectivity index (χ1n) is 4.38. The van der Waals surface area contributed by atoms with E-state index in [0.717, 1.165) is 10.2 Å². The largest absolute Gasteiger partial charge is 0.382 e. The summed E-state index contributed by atoms with van der Waals surface area (Å²) in [4.78, 5) is 10.3. The number of aryl methyl sites for hydroxylation is 1. The third-order valence-corrected chi connectivity index (χ3v) is 2.33. The quantitative estimate of drug-likeness (QED) is 0.569. The molecule has 0 aliphatic rings. The molecule has 0 fully saturated rings. The number of benzene rings is 1. The average Bonchev–Trinajstić information content (AvgIpc) is 2.57. The van der Waals surface area contributed by atoms with E-state index in [2.05, 4.69) is 5.10 Å². The lowest BCUT2D eigenvalue weighted by Gasteiger charge is -1.98. The van der Waals surface area contributed by atoms with E-state index < -0.39 is 4.92 Å². The van der Waals surface area contributed by atoms with Gasteiger partial charge in [-0.25, -0.2) is 0 Å². The van der Waals surface area contributed by atoms with Crippen molar-refractivity contribution in [2.45, 2.75) is 6.92 Å². The molecular weight excluding hydrogens is 210 g/mol. The number of nitriles is 1. The summed E-state index contributed by atoms with van der Waals surface area (Å²) >= 11 is 0. The molecule has 0 aliphatic carbocycles. The Bertz CT molecular complexity index is 637. The van der Waals surface area contributed by atoms with Gasteiger partial charge < -0.3 is 5.73 Å². The molecule has 0 saturated heterocycles. The van der Waals surface area contributed by atoms with Crippen LogP contribution in [0.25, 0.3) is 10.9 Å². The van der Waals surface area contributed by atoms with Crippen molar-refractivity contribution in [1.29, 1.82) is 5.26 Å². The molecule has 1 aromatic carbocycles. The van der Waals surface area contributed by atoms with Gasteiger partial charge in [0.05, 0.1) is 10.3 Å². The number of nitrogens with zero attached hydrogens (tertiary/aromatic N) is 4. The van der Waals surface area contributed by atoms with Crippen LogP contribution in [-0.4, -0.2) is 14.7 Å². The highest BCUT2D eigenvalue weighted by Gasteiger charge is 2.21.